The summed E-state index contributed by atoms with van der Waals surface area (Å²) in [7, 11) is 0. The van der Waals surface area contributed by atoms with Crippen LogP contribution in [0.3, 0.4) is 0 Å². The number of alkyl halides is 3. The Hall–Kier alpha value is -0.660. The van der Waals surface area contributed by atoms with Crippen molar-refractivity contribution in [2.24, 2.45) is 0 Å². The molecule has 104 valence electrons. The van der Waals surface area contributed by atoms with Gasteiger partial charge in [-0.15, -0.1) is 11.3 Å². The topological polar surface area (TPSA) is 34.1 Å². The quantitative estimate of drug-likeness (QED) is 0.868. The average molecular weight is 282 g/mol. The molecule has 0 radical (unpaired) electrons. The molecular weight excluding hydrogens is 265 g/mol. The van der Waals surface area contributed by atoms with Crippen LogP contribution in [-0.2, 0) is 17.5 Å². The van der Waals surface area contributed by atoms with Gasteiger partial charge in [-0.25, -0.2) is 4.98 Å². The molecule has 1 rings (SSSR count). The van der Waals surface area contributed by atoms with E-state index in [0.717, 1.165) is 11.3 Å². The molecule has 0 fully saturated rings. The minimum absolute atomic E-state index is 0.182. The van der Waals surface area contributed by atoms with Gasteiger partial charge in [0, 0.05) is 13.2 Å². The van der Waals surface area contributed by atoms with Crippen LogP contribution >= 0.6 is 11.3 Å². The molecule has 1 atom stereocenters. The summed E-state index contributed by atoms with van der Waals surface area (Å²) in [6.07, 6.45) is -4.82. The molecule has 0 aliphatic heterocycles. The molecule has 0 aromatic carbocycles. The molecule has 7 heteroatoms. The van der Waals surface area contributed by atoms with Crippen LogP contribution in [0.25, 0.3) is 0 Å². The zero-order chi connectivity index (χ0) is 13.8. The van der Waals surface area contributed by atoms with E-state index in [1.54, 1.807) is 13.8 Å². The Balaban J connectivity index is 2.99. The van der Waals surface area contributed by atoms with Crippen LogP contribution in [0.5, 0.6) is 0 Å². The van der Waals surface area contributed by atoms with Crippen molar-refractivity contribution < 1.29 is 17.9 Å². The Kier molecular flexibility index (Phi) is 5.55. The zero-order valence-electron chi connectivity index (χ0n) is 10.6. The van der Waals surface area contributed by atoms with Crippen LogP contribution < -0.4 is 5.32 Å². The van der Waals surface area contributed by atoms with Gasteiger partial charge in [0.2, 0.25) is 0 Å². The fraction of sp³-hybridized carbons (Fsp3) is 0.727. The molecule has 1 aromatic heterocycles. The molecule has 1 unspecified atom stereocenters. The maximum atomic E-state index is 12.8. The standard InChI is InChI=1S/C11H17F3N2OS/c1-4-15-6-8-9(11(12,13)14)16-10(18-8)7(3)17-5-2/h7,15H,4-6H2,1-3H3. The summed E-state index contributed by atoms with van der Waals surface area (Å²) >= 11 is 1.06. The highest BCUT2D eigenvalue weighted by molar-refractivity contribution is 7.11. The lowest BCUT2D eigenvalue weighted by molar-refractivity contribution is -0.141. The summed E-state index contributed by atoms with van der Waals surface area (Å²) in [5, 5.41) is 3.26. The minimum atomic E-state index is -4.41. The van der Waals surface area contributed by atoms with Gasteiger partial charge in [-0.1, -0.05) is 6.92 Å². The highest BCUT2D eigenvalue weighted by atomic mass is 32.1. The van der Waals surface area contributed by atoms with Crippen molar-refractivity contribution in [1.82, 2.24) is 10.3 Å². The number of nitrogens with one attached hydrogen (secondary N) is 1. The van der Waals surface area contributed by atoms with Gasteiger partial charge in [0.1, 0.15) is 11.1 Å². The van der Waals surface area contributed by atoms with Crippen molar-refractivity contribution in [2.45, 2.75) is 39.6 Å². The average Bonchev–Trinajstić information content (AvgIpc) is 2.70. The molecule has 0 saturated carbocycles. The number of hydrogen-bond acceptors (Lipinski definition) is 4. The highest BCUT2D eigenvalue weighted by Gasteiger charge is 2.37. The van der Waals surface area contributed by atoms with Crippen molar-refractivity contribution in [3.63, 3.8) is 0 Å². The Morgan fingerprint density at radius 1 is 1.39 bits per heavy atom. The van der Waals surface area contributed by atoms with E-state index in [2.05, 4.69) is 10.3 Å². The highest BCUT2D eigenvalue weighted by Crippen LogP contribution is 2.36. The van der Waals surface area contributed by atoms with E-state index in [1.165, 1.54) is 0 Å². The summed E-state index contributed by atoms with van der Waals surface area (Å²) in [5.74, 6) is 0. The van der Waals surface area contributed by atoms with Gasteiger partial charge >= 0.3 is 6.18 Å². The lowest BCUT2D eigenvalue weighted by Crippen LogP contribution is -2.15. The zero-order valence-corrected chi connectivity index (χ0v) is 11.4. The summed E-state index contributed by atoms with van der Waals surface area (Å²) < 4.78 is 43.7. The first-order valence-electron chi connectivity index (χ1n) is 5.79. The van der Waals surface area contributed by atoms with Gasteiger partial charge in [0.15, 0.2) is 5.69 Å². The Morgan fingerprint density at radius 3 is 2.56 bits per heavy atom. The third kappa shape index (κ3) is 3.93. The van der Waals surface area contributed by atoms with Gasteiger partial charge in [-0.05, 0) is 20.4 Å². The summed E-state index contributed by atoms with van der Waals surface area (Å²) in [6.45, 7) is 6.60. The molecule has 0 spiro atoms. The number of nitrogens with zero attached hydrogens (tertiary/aromatic N) is 1. The molecule has 1 N–H and O–H groups in total. The Labute approximate surface area is 108 Å². The van der Waals surface area contributed by atoms with Crippen molar-refractivity contribution >= 4 is 11.3 Å². The maximum Gasteiger partial charge on any atom is 0.434 e. The monoisotopic (exact) mass is 282 g/mol. The first-order chi connectivity index (χ1) is 8.40. The van der Waals surface area contributed by atoms with Gasteiger partial charge in [0.25, 0.3) is 0 Å². The van der Waals surface area contributed by atoms with E-state index in [1.807, 2.05) is 6.92 Å². The van der Waals surface area contributed by atoms with Gasteiger partial charge < -0.3 is 10.1 Å². The van der Waals surface area contributed by atoms with E-state index < -0.39 is 18.0 Å². The molecular formula is C11H17F3N2OS. The van der Waals surface area contributed by atoms with Crippen molar-refractivity contribution in [3.8, 4) is 0 Å². The molecule has 18 heavy (non-hydrogen) atoms. The maximum absolute atomic E-state index is 12.8. The Bertz CT molecular complexity index is 379. The number of thiazole rings is 1. The second-order valence-corrected chi connectivity index (χ2v) is 4.81. The van der Waals surface area contributed by atoms with E-state index in [9.17, 15) is 13.2 Å². The largest absolute Gasteiger partial charge is 0.434 e. The van der Waals surface area contributed by atoms with Crippen LogP contribution in [0.2, 0.25) is 0 Å². The number of halogens is 3. The molecule has 1 heterocycles. The van der Waals surface area contributed by atoms with Gasteiger partial charge in [-0.3, -0.25) is 0 Å². The number of aromatic nitrogens is 1. The minimum Gasteiger partial charge on any atom is -0.372 e. The van der Waals surface area contributed by atoms with E-state index in [0.29, 0.717) is 18.2 Å². The second kappa shape index (κ2) is 6.49. The molecule has 0 aliphatic rings. The van der Waals surface area contributed by atoms with E-state index in [4.69, 9.17) is 4.74 Å². The summed E-state index contributed by atoms with van der Waals surface area (Å²) in [4.78, 5) is 3.90. The summed E-state index contributed by atoms with van der Waals surface area (Å²) in [6, 6.07) is 0. The summed E-state index contributed by atoms with van der Waals surface area (Å²) in [5.41, 5.74) is -0.796. The van der Waals surface area contributed by atoms with E-state index in [-0.39, 0.29) is 11.4 Å². The number of rotatable bonds is 6. The lowest BCUT2D eigenvalue weighted by Gasteiger charge is -2.07. The molecule has 0 aliphatic carbocycles. The lowest BCUT2D eigenvalue weighted by atomic mass is 10.3. The molecule has 0 saturated heterocycles. The van der Waals surface area contributed by atoms with Crippen LogP contribution in [0.15, 0.2) is 0 Å². The predicted molar refractivity (Wildman–Crippen MR) is 64.5 cm³/mol. The van der Waals surface area contributed by atoms with Crippen LogP contribution in [0.4, 0.5) is 13.2 Å². The second-order valence-electron chi connectivity index (χ2n) is 3.70. The van der Waals surface area contributed by atoms with E-state index >= 15 is 0 Å². The normalized spacial score (nSPS) is 13.9. The number of hydrogen-bond donors (Lipinski definition) is 1. The molecule has 0 amide bonds. The third-order valence-corrected chi connectivity index (χ3v) is 3.50. The van der Waals surface area contributed by atoms with Gasteiger partial charge in [0.05, 0.1) is 4.88 Å². The van der Waals surface area contributed by atoms with Gasteiger partial charge in [-0.2, -0.15) is 13.2 Å². The predicted octanol–water partition coefficient (Wildman–Crippen LogP) is 3.37. The molecule has 0 bridgehead atoms. The first kappa shape index (κ1) is 15.4. The first-order valence-corrected chi connectivity index (χ1v) is 6.60. The third-order valence-electron chi connectivity index (χ3n) is 2.28. The van der Waals surface area contributed by atoms with Crippen molar-refractivity contribution in [1.29, 1.82) is 0 Å². The molecule has 3 nitrogen and oxygen atoms in total. The number of ether oxygens (including phenoxy) is 1. The fourth-order valence-electron chi connectivity index (χ4n) is 1.44. The van der Waals surface area contributed by atoms with Crippen LogP contribution in [0, 0.1) is 0 Å². The SMILES string of the molecule is CCNCc1sc(C(C)OCC)nc1C(F)(F)F. The smallest absolute Gasteiger partial charge is 0.372 e. The van der Waals surface area contributed by atoms with Crippen molar-refractivity contribution in [3.05, 3.63) is 15.6 Å². The Morgan fingerprint density at radius 2 is 2.06 bits per heavy atom. The van der Waals surface area contributed by atoms with Crippen LogP contribution in [0.1, 0.15) is 42.5 Å². The van der Waals surface area contributed by atoms with Crippen molar-refractivity contribution in [2.75, 3.05) is 13.2 Å². The fourth-order valence-corrected chi connectivity index (χ4v) is 2.50. The van der Waals surface area contributed by atoms with Crippen LogP contribution in [-0.4, -0.2) is 18.1 Å². The molecule has 1 aromatic rings.